The number of carboxylic acid groups (broad SMARTS) is 1. The molecule has 1 amide bonds. The Morgan fingerprint density at radius 1 is 1.30 bits per heavy atom. The molecule has 1 atom stereocenters. The molecule has 23 heavy (non-hydrogen) atoms. The van der Waals surface area contributed by atoms with Gasteiger partial charge in [-0.05, 0) is 36.3 Å². The predicted molar refractivity (Wildman–Crippen MR) is 87.9 cm³/mol. The molecular formula is C18H23NO4. The van der Waals surface area contributed by atoms with Gasteiger partial charge in [-0.15, -0.1) is 0 Å². The fourth-order valence-corrected chi connectivity index (χ4v) is 3.14. The average molecular weight is 317 g/mol. The SMILES string of the molecule is C=C(CC(C(=O)OC)C1CCN(C(=O)O)CC1)c1ccccc1. The lowest BCUT2D eigenvalue weighted by molar-refractivity contribution is -0.147. The molecule has 0 aliphatic carbocycles. The van der Waals surface area contributed by atoms with E-state index in [1.807, 2.05) is 30.3 Å². The van der Waals surface area contributed by atoms with Crippen molar-refractivity contribution in [2.24, 2.45) is 11.8 Å². The standard InChI is InChI=1S/C18H23NO4/c1-13(14-6-4-3-5-7-14)12-16(17(20)23-2)15-8-10-19(11-9-15)18(21)22/h3-7,15-16H,1,8-12H2,2H3,(H,21,22). The first-order valence-corrected chi connectivity index (χ1v) is 7.81. The zero-order chi connectivity index (χ0) is 16.8. The second-order valence-electron chi connectivity index (χ2n) is 5.91. The van der Waals surface area contributed by atoms with Gasteiger partial charge in [0.1, 0.15) is 0 Å². The molecule has 5 heteroatoms. The third-order valence-electron chi connectivity index (χ3n) is 4.53. The molecule has 2 rings (SSSR count). The predicted octanol–water partition coefficient (Wildman–Crippen LogP) is 3.27. The number of piperidine rings is 1. The Morgan fingerprint density at radius 3 is 2.43 bits per heavy atom. The van der Waals surface area contributed by atoms with Crippen LogP contribution in [0.15, 0.2) is 36.9 Å². The Kier molecular flexibility index (Phi) is 5.79. The Balaban J connectivity index is 2.05. The van der Waals surface area contributed by atoms with E-state index < -0.39 is 6.09 Å². The quantitative estimate of drug-likeness (QED) is 0.846. The Labute approximate surface area is 136 Å². The number of carbonyl (C=O) groups is 2. The number of ether oxygens (including phenoxy) is 1. The number of esters is 1. The zero-order valence-corrected chi connectivity index (χ0v) is 13.4. The van der Waals surface area contributed by atoms with Crippen LogP contribution in [-0.2, 0) is 9.53 Å². The van der Waals surface area contributed by atoms with E-state index in [4.69, 9.17) is 9.84 Å². The Bertz CT molecular complexity index is 562. The van der Waals surface area contributed by atoms with Crippen molar-refractivity contribution < 1.29 is 19.4 Å². The van der Waals surface area contributed by atoms with Crippen LogP contribution in [0.4, 0.5) is 4.79 Å². The summed E-state index contributed by atoms with van der Waals surface area (Å²) in [5.74, 6) is -0.391. The average Bonchev–Trinajstić information content (AvgIpc) is 2.59. The molecule has 1 aliphatic heterocycles. The van der Waals surface area contributed by atoms with Crippen LogP contribution >= 0.6 is 0 Å². The van der Waals surface area contributed by atoms with Crippen LogP contribution in [-0.4, -0.2) is 42.3 Å². The largest absolute Gasteiger partial charge is 0.469 e. The smallest absolute Gasteiger partial charge is 0.407 e. The summed E-state index contributed by atoms with van der Waals surface area (Å²) in [5.41, 5.74) is 1.92. The molecule has 1 aromatic carbocycles. The molecule has 1 aromatic rings. The highest BCUT2D eigenvalue weighted by molar-refractivity contribution is 5.76. The lowest BCUT2D eigenvalue weighted by Gasteiger charge is -2.34. The van der Waals surface area contributed by atoms with Gasteiger partial charge in [-0.1, -0.05) is 36.9 Å². The fraction of sp³-hybridized carbons (Fsp3) is 0.444. The number of amides is 1. The van der Waals surface area contributed by atoms with E-state index in [2.05, 4.69) is 6.58 Å². The summed E-state index contributed by atoms with van der Waals surface area (Å²) in [6.45, 7) is 5.03. The first-order chi connectivity index (χ1) is 11.0. The summed E-state index contributed by atoms with van der Waals surface area (Å²) >= 11 is 0. The summed E-state index contributed by atoms with van der Waals surface area (Å²) in [5, 5.41) is 9.03. The minimum absolute atomic E-state index is 0.124. The van der Waals surface area contributed by atoms with Gasteiger partial charge < -0.3 is 14.7 Å². The summed E-state index contributed by atoms with van der Waals surface area (Å²) < 4.78 is 4.97. The maximum atomic E-state index is 12.2. The van der Waals surface area contributed by atoms with Crippen LogP contribution in [0, 0.1) is 11.8 Å². The van der Waals surface area contributed by atoms with E-state index in [1.54, 1.807) is 0 Å². The number of methoxy groups -OCH3 is 1. The summed E-state index contributed by atoms with van der Waals surface area (Å²) in [6, 6.07) is 9.78. The van der Waals surface area contributed by atoms with Gasteiger partial charge in [0.2, 0.25) is 0 Å². The van der Waals surface area contributed by atoms with Crippen molar-refractivity contribution in [1.82, 2.24) is 4.90 Å². The number of hydrogen-bond donors (Lipinski definition) is 1. The fourth-order valence-electron chi connectivity index (χ4n) is 3.14. The van der Waals surface area contributed by atoms with Crippen molar-refractivity contribution in [3.05, 3.63) is 42.5 Å². The van der Waals surface area contributed by atoms with Gasteiger partial charge >= 0.3 is 12.1 Å². The lowest BCUT2D eigenvalue weighted by Crippen LogP contribution is -2.40. The monoisotopic (exact) mass is 317 g/mol. The molecule has 1 aliphatic rings. The van der Waals surface area contributed by atoms with Gasteiger partial charge in [-0.25, -0.2) is 4.79 Å². The van der Waals surface area contributed by atoms with Crippen molar-refractivity contribution in [2.45, 2.75) is 19.3 Å². The van der Waals surface area contributed by atoms with Crippen LogP contribution < -0.4 is 0 Å². The van der Waals surface area contributed by atoms with Crippen LogP contribution in [0.25, 0.3) is 5.57 Å². The van der Waals surface area contributed by atoms with E-state index in [0.29, 0.717) is 32.4 Å². The molecule has 1 heterocycles. The van der Waals surface area contributed by atoms with E-state index in [1.165, 1.54) is 12.0 Å². The topological polar surface area (TPSA) is 66.8 Å². The molecule has 1 unspecified atom stereocenters. The number of allylic oxidation sites excluding steroid dienone is 1. The van der Waals surface area contributed by atoms with Crippen molar-refractivity contribution in [1.29, 1.82) is 0 Å². The number of hydrogen-bond acceptors (Lipinski definition) is 3. The van der Waals surface area contributed by atoms with Crippen LogP contribution in [0.2, 0.25) is 0 Å². The lowest BCUT2D eigenvalue weighted by atomic mass is 9.80. The number of nitrogens with zero attached hydrogens (tertiary/aromatic N) is 1. The number of likely N-dealkylation sites (tertiary alicyclic amines) is 1. The second-order valence-corrected chi connectivity index (χ2v) is 5.91. The van der Waals surface area contributed by atoms with Gasteiger partial charge in [-0.2, -0.15) is 0 Å². The van der Waals surface area contributed by atoms with E-state index in [0.717, 1.165) is 11.1 Å². The first-order valence-electron chi connectivity index (χ1n) is 7.81. The molecule has 1 saturated heterocycles. The van der Waals surface area contributed by atoms with E-state index >= 15 is 0 Å². The maximum Gasteiger partial charge on any atom is 0.407 e. The molecule has 0 radical (unpaired) electrons. The van der Waals surface area contributed by atoms with Crippen molar-refractivity contribution >= 4 is 17.6 Å². The van der Waals surface area contributed by atoms with Gasteiger partial charge in [0.05, 0.1) is 13.0 Å². The van der Waals surface area contributed by atoms with Crippen molar-refractivity contribution in [3.63, 3.8) is 0 Å². The molecule has 5 nitrogen and oxygen atoms in total. The highest BCUT2D eigenvalue weighted by Gasteiger charge is 2.33. The van der Waals surface area contributed by atoms with Gasteiger partial charge in [0, 0.05) is 13.1 Å². The van der Waals surface area contributed by atoms with E-state index in [-0.39, 0.29) is 17.8 Å². The highest BCUT2D eigenvalue weighted by atomic mass is 16.5. The van der Waals surface area contributed by atoms with Gasteiger partial charge in [0.25, 0.3) is 0 Å². The normalized spacial score (nSPS) is 16.7. The third kappa shape index (κ3) is 4.34. The molecule has 1 fully saturated rings. The van der Waals surface area contributed by atoms with Gasteiger partial charge in [0.15, 0.2) is 0 Å². The number of carbonyl (C=O) groups excluding carboxylic acids is 1. The molecule has 0 bridgehead atoms. The van der Waals surface area contributed by atoms with Crippen molar-refractivity contribution in [2.75, 3.05) is 20.2 Å². The van der Waals surface area contributed by atoms with Gasteiger partial charge in [-0.3, -0.25) is 4.79 Å². The molecule has 1 N–H and O–H groups in total. The van der Waals surface area contributed by atoms with Crippen LogP contribution in [0.1, 0.15) is 24.8 Å². The second kappa shape index (κ2) is 7.81. The molecule has 124 valence electrons. The first kappa shape index (κ1) is 17.1. The molecule has 0 spiro atoms. The summed E-state index contributed by atoms with van der Waals surface area (Å²) in [6.07, 6.45) is 0.989. The van der Waals surface area contributed by atoms with Crippen LogP contribution in [0.5, 0.6) is 0 Å². The minimum atomic E-state index is -0.897. The van der Waals surface area contributed by atoms with Crippen molar-refractivity contribution in [3.8, 4) is 0 Å². The third-order valence-corrected chi connectivity index (χ3v) is 4.53. The summed E-state index contributed by atoms with van der Waals surface area (Å²) in [7, 11) is 1.40. The number of benzene rings is 1. The maximum absolute atomic E-state index is 12.2. The molecule has 0 aromatic heterocycles. The highest BCUT2D eigenvalue weighted by Crippen LogP contribution is 2.33. The minimum Gasteiger partial charge on any atom is -0.469 e. The summed E-state index contributed by atoms with van der Waals surface area (Å²) in [4.78, 5) is 24.6. The Hall–Kier alpha value is -2.30. The zero-order valence-electron chi connectivity index (χ0n) is 13.4. The van der Waals surface area contributed by atoms with Crippen LogP contribution in [0.3, 0.4) is 0 Å². The molecule has 0 saturated carbocycles. The van der Waals surface area contributed by atoms with E-state index in [9.17, 15) is 9.59 Å². The number of rotatable bonds is 5. The Morgan fingerprint density at radius 2 is 1.91 bits per heavy atom. The molecular weight excluding hydrogens is 294 g/mol.